The first-order valence-electron chi connectivity index (χ1n) is 9.69. The fraction of sp³-hybridized carbons (Fsp3) is 0.700. The molecule has 0 aromatic carbocycles. The van der Waals surface area contributed by atoms with E-state index in [1.165, 1.54) is 6.33 Å². The monoisotopic (exact) mass is 356 g/mol. The van der Waals surface area contributed by atoms with Crippen molar-refractivity contribution < 1.29 is 9.59 Å². The lowest BCUT2D eigenvalue weighted by Crippen LogP contribution is -2.37. The minimum atomic E-state index is 0.140. The average Bonchev–Trinajstić information content (AvgIpc) is 2.96. The third kappa shape index (κ3) is 2.99. The van der Waals surface area contributed by atoms with Gasteiger partial charge in [0.05, 0.1) is 6.42 Å². The molecule has 4 atom stereocenters. The number of hydrogen-bond donors (Lipinski definition) is 0. The number of rotatable bonds is 4. The van der Waals surface area contributed by atoms with Crippen LogP contribution in [0.5, 0.6) is 0 Å². The summed E-state index contributed by atoms with van der Waals surface area (Å²) in [5.74, 6) is 2.10. The Morgan fingerprint density at radius 2 is 1.69 bits per heavy atom. The Morgan fingerprint density at radius 1 is 1.12 bits per heavy atom. The number of fused-ring (bicyclic) bond motifs is 1. The highest BCUT2D eigenvalue weighted by Gasteiger charge is 2.58. The van der Waals surface area contributed by atoms with Crippen molar-refractivity contribution in [3.8, 4) is 0 Å². The number of aromatic nitrogens is 2. The molecule has 1 aromatic heterocycles. The van der Waals surface area contributed by atoms with Gasteiger partial charge in [0.1, 0.15) is 6.33 Å². The number of likely N-dealkylation sites (tertiary alicyclic amines) is 2. The molecule has 4 rings (SSSR count). The van der Waals surface area contributed by atoms with E-state index < -0.39 is 0 Å². The van der Waals surface area contributed by atoms with Crippen LogP contribution in [-0.4, -0.2) is 57.8 Å². The summed E-state index contributed by atoms with van der Waals surface area (Å²) in [7, 11) is 0. The van der Waals surface area contributed by atoms with Crippen molar-refractivity contribution in [3.63, 3.8) is 0 Å². The Hall–Kier alpha value is -1.98. The van der Waals surface area contributed by atoms with Crippen LogP contribution < -0.4 is 0 Å². The summed E-state index contributed by atoms with van der Waals surface area (Å²) in [6, 6.07) is 0. The van der Waals surface area contributed by atoms with E-state index in [4.69, 9.17) is 0 Å². The molecule has 0 spiro atoms. The standard InChI is InChI=1S/C20H28N4O2/c1-13(2)20(3)5-17(20)19(26)24-10-15-8-23(9-16(15)11-24)18(25)4-14-6-21-12-22-7-14/h6-7,12-13,15-17H,4-5,8-11H2,1-3H3/t15-,16+,17?,20?. The molecule has 2 saturated heterocycles. The van der Waals surface area contributed by atoms with Gasteiger partial charge in [0.2, 0.25) is 11.8 Å². The van der Waals surface area contributed by atoms with Crippen LogP contribution in [0.2, 0.25) is 0 Å². The van der Waals surface area contributed by atoms with E-state index in [1.54, 1.807) is 12.4 Å². The van der Waals surface area contributed by atoms with Crippen molar-refractivity contribution in [2.75, 3.05) is 26.2 Å². The van der Waals surface area contributed by atoms with Crippen LogP contribution in [-0.2, 0) is 16.0 Å². The van der Waals surface area contributed by atoms with Crippen LogP contribution in [0.15, 0.2) is 18.7 Å². The van der Waals surface area contributed by atoms with Gasteiger partial charge in [-0.3, -0.25) is 9.59 Å². The largest absolute Gasteiger partial charge is 0.342 e. The first kappa shape index (κ1) is 17.4. The highest BCUT2D eigenvalue weighted by Crippen LogP contribution is 2.58. The Bertz CT molecular complexity index is 693. The predicted octanol–water partition coefficient (Wildman–Crippen LogP) is 1.62. The Kier molecular flexibility index (Phi) is 4.24. The zero-order valence-electron chi connectivity index (χ0n) is 15.9. The predicted molar refractivity (Wildman–Crippen MR) is 96.9 cm³/mol. The lowest BCUT2D eigenvalue weighted by Gasteiger charge is -2.23. The van der Waals surface area contributed by atoms with Crippen LogP contribution in [0.1, 0.15) is 32.8 Å². The molecule has 3 fully saturated rings. The summed E-state index contributed by atoms with van der Waals surface area (Å²) in [6.45, 7) is 9.84. The topological polar surface area (TPSA) is 66.4 Å². The molecule has 0 bridgehead atoms. The summed E-state index contributed by atoms with van der Waals surface area (Å²) in [5.41, 5.74) is 1.04. The molecule has 6 nitrogen and oxygen atoms in total. The molecule has 140 valence electrons. The molecule has 3 heterocycles. The van der Waals surface area contributed by atoms with Gasteiger partial charge in [-0.05, 0) is 23.3 Å². The van der Waals surface area contributed by atoms with E-state index in [-0.39, 0.29) is 17.2 Å². The second-order valence-electron chi connectivity index (χ2n) is 8.90. The zero-order chi connectivity index (χ0) is 18.5. The lowest BCUT2D eigenvalue weighted by atomic mass is 9.92. The number of hydrogen-bond acceptors (Lipinski definition) is 4. The minimum absolute atomic E-state index is 0.140. The van der Waals surface area contributed by atoms with Crippen molar-refractivity contribution in [2.45, 2.75) is 33.6 Å². The Labute approximate surface area is 155 Å². The molecule has 3 aliphatic rings. The molecule has 2 aliphatic heterocycles. The maximum atomic E-state index is 12.8. The van der Waals surface area contributed by atoms with Gasteiger partial charge in [0.15, 0.2) is 0 Å². The van der Waals surface area contributed by atoms with Crippen molar-refractivity contribution in [1.29, 1.82) is 0 Å². The first-order valence-corrected chi connectivity index (χ1v) is 9.69. The molecule has 26 heavy (non-hydrogen) atoms. The number of carbonyl (C=O) groups is 2. The number of nitrogens with zero attached hydrogens (tertiary/aromatic N) is 4. The van der Waals surface area contributed by atoms with Crippen LogP contribution in [0.4, 0.5) is 0 Å². The van der Waals surface area contributed by atoms with Gasteiger partial charge in [-0.15, -0.1) is 0 Å². The van der Waals surface area contributed by atoms with E-state index in [1.807, 2.05) is 4.90 Å². The third-order valence-corrected chi connectivity index (χ3v) is 7.02. The second-order valence-corrected chi connectivity index (χ2v) is 8.90. The summed E-state index contributed by atoms with van der Waals surface area (Å²) >= 11 is 0. The van der Waals surface area contributed by atoms with Crippen molar-refractivity contribution >= 4 is 11.8 Å². The quantitative estimate of drug-likeness (QED) is 0.822. The third-order valence-electron chi connectivity index (χ3n) is 7.02. The highest BCUT2D eigenvalue weighted by molar-refractivity contribution is 5.83. The fourth-order valence-electron chi connectivity index (χ4n) is 4.69. The molecule has 2 amide bonds. The minimum Gasteiger partial charge on any atom is -0.342 e. The molecule has 6 heteroatoms. The van der Waals surface area contributed by atoms with Crippen molar-refractivity contribution in [3.05, 3.63) is 24.3 Å². The van der Waals surface area contributed by atoms with E-state index in [9.17, 15) is 9.59 Å². The van der Waals surface area contributed by atoms with Gasteiger partial charge in [-0.2, -0.15) is 0 Å². The Morgan fingerprint density at radius 3 is 2.23 bits per heavy atom. The molecule has 2 unspecified atom stereocenters. The van der Waals surface area contributed by atoms with E-state index in [2.05, 4.69) is 35.6 Å². The van der Waals surface area contributed by atoms with Gasteiger partial charge in [-0.1, -0.05) is 20.8 Å². The lowest BCUT2D eigenvalue weighted by molar-refractivity contribution is -0.133. The van der Waals surface area contributed by atoms with Crippen LogP contribution in [0, 0.1) is 29.1 Å². The summed E-state index contributed by atoms with van der Waals surface area (Å²) in [4.78, 5) is 37.3. The summed E-state index contributed by atoms with van der Waals surface area (Å²) < 4.78 is 0. The van der Waals surface area contributed by atoms with Gasteiger partial charge < -0.3 is 9.80 Å². The summed E-state index contributed by atoms with van der Waals surface area (Å²) in [6.07, 6.45) is 6.26. The molecule has 0 N–H and O–H groups in total. The van der Waals surface area contributed by atoms with Gasteiger partial charge in [-0.25, -0.2) is 9.97 Å². The van der Waals surface area contributed by atoms with Gasteiger partial charge in [0.25, 0.3) is 0 Å². The highest BCUT2D eigenvalue weighted by atomic mass is 16.2. The van der Waals surface area contributed by atoms with Crippen molar-refractivity contribution in [2.24, 2.45) is 29.1 Å². The molecule has 1 aliphatic carbocycles. The average molecular weight is 356 g/mol. The SMILES string of the molecule is CC(C)C1(C)CC1C(=O)N1C[C@H]2CN(C(=O)Cc3cncnc3)C[C@H]2C1. The summed E-state index contributed by atoms with van der Waals surface area (Å²) in [5, 5.41) is 0. The van der Waals surface area contributed by atoms with Gasteiger partial charge in [0, 0.05) is 56.3 Å². The van der Waals surface area contributed by atoms with E-state index in [0.717, 1.165) is 38.2 Å². The molecule has 1 saturated carbocycles. The van der Waals surface area contributed by atoms with E-state index in [0.29, 0.717) is 30.1 Å². The normalized spacial score (nSPS) is 32.8. The smallest absolute Gasteiger partial charge is 0.227 e. The van der Waals surface area contributed by atoms with Crippen LogP contribution in [0.25, 0.3) is 0 Å². The maximum Gasteiger partial charge on any atom is 0.227 e. The zero-order valence-corrected chi connectivity index (χ0v) is 15.9. The molecule has 0 radical (unpaired) electrons. The molecule has 1 aromatic rings. The van der Waals surface area contributed by atoms with Crippen molar-refractivity contribution in [1.82, 2.24) is 19.8 Å². The maximum absolute atomic E-state index is 12.8. The first-order chi connectivity index (χ1) is 12.4. The number of amides is 2. The van der Waals surface area contributed by atoms with Crippen LogP contribution >= 0.6 is 0 Å². The molecular formula is C20H28N4O2. The van der Waals surface area contributed by atoms with E-state index >= 15 is 0 Å². The van der Waals surface area contributed by atoms with Gasteiger partial charge >= 0.3 is 0 Å². The van der Waals surface area contributed by atoms with Crippen LogP contribution in [0.3, 0.4) is 0 Å². The number of carbonyl (C=O) groups excluding carboxylic acids is 2. The Balaban J connectivity index is 1.30. The molecular weight excluding hydrogens is 328 g/mol. The second kappa shape index (κ2) is 6.32. The fourth-order valence-corrected chi connectivity index (χ4v) is 4.69.